The Bertz CT molecular complexity index is 1060. The minimum atomic E-state index is -4.66. The lowest BCUT2D eigenvalue weighted by Gasteiger charge is -2.28. The van der Waals surface area contributed by atoms with Gasteiger partial charge in [0.1, 0.15) is 11.4 Å². The predicted molar refractivity (Wildman–Crippen MR) is 107 cm³/mol. The highest BCUT2D eigenvalue weighted by molar-refractivity contribution is 6.00. The minimum absolute atomic E-state index is 0.0539. The van der Waals surface area contributed by atoms with Crippen LogP contribution in [0.5, 0.6) is 0 Å². The maximum atomic E-state index is 14.2. The van der Waals surface area contributed by atoms with E-state index in [-0.39, 0.29) is 29.2 Å². The molecule has 0 N–H and O–H groups in total. The number of amides is 1. The summed E-state index contributed by atoms with van der Waals surface area (Å²) >= 11 is 0. The van der Waals surface area contributed by atoms with E-state index < -0.39 is 17.8 Å². The van der Waals surface area contributed by atoms with E-state index >= 15 is 0 Å². The predicted octanol–water partition coefficient (Wildman–Crippen LogP) is 3.79. The average molecular weight is 430 g/mol. The van der Waals surface area contributed by atoms with E-state index in [1.165, 1.54) is 24.2 Å². The second-order valence-corrected chi connectivity index (χ2v) is 7.24. The van der Waals surface area contributed by atoms with E-state index in [4.69, 9.17) is 4.74 Å². The summed E-state index contributed by atoms with van der Waals surface area (Å²) in [7, 11) is 0. The maximum Gasteiger partial charge on any atom is 0.431 e. The van der Waals surface area contributed by atoms with Crippen molar-refractivity contribution in [3.63, 3.8) is 0 Å². The van der Waals surface area contributed by atoms with Gasteiger partial charge in [-0.1, -0.05) is 30.3 Å². The number of nitrogens with zero attached hydrogens (tertiary/aromatic N) is 4. The molecule has 0 atom stereocenters. The summed E-state index contributed by atoms with van der Waals surface area (Å²) in [5.74, 6) is -0.394. The van der Waals surface area contributed by atoms with Gasteiger partial charge in [-0.25, -0.2) is 9.97 Å². The Morgan fingerprint density at radius 1 is 1.06 bits per heavy atom. The molecule has 3 heterocycles. The normalized spacial score (nSPS) is 14.6. The number of carbonyl (C=O) groups is 1. The number of aromatic nitrogens is 3. The molecule has 162 valence electrons. The van der Waals surface area contributed by atoms with Gasteiger partial charge >= 0.3 is 6.18 Å². The lowest BCUT2D eigenvalue weighted by molar-refractivity contribution is -0.143. The third-order valence-electron chi connectivity index (χ3n) is 5.25. The molecule has 4 rings (SSSR count). The van der Waals surface area contributed by atoms with Gasteiger partial charge in [0.05, 0.1) is 18.8 Å². The number of halogens is 3. The Hall–Kier alpha value is -3.20. The van der Waals surface area contributed by atoms with Gasteiger partial charge in [0.25, 0.3) is 5.91 Å². The summed E-state index contributed by atoms with van der Waals surface area (Å²) in [6.45, 7) is 2.57. The second kappa shape index (κ2) is 8.50. The summed E-state index contributed by atoms with van der Waals surface area (Å²) in [6, 6.07) is 10.3. The molecule has 1 aliphatic rings. The minimum Gasteiger partial charge on any atom is -0.378 e. The SMILES string of the molecule is Cc1c(-c2ncccn2)c(C(=O)N2CCOCC2)n(Cc2ccccc2)c1C(F)(F)F. The van der Waals surface area contributed by atoms with Gasteiger partial charge in [-0.2, -0.15) is 13.2 Å². The summed E-state index contributed by atoms with van der Waals surface area (Å²) < 4.78 is 49.0. The number of rotatable bonds is 4. The summed E-state index contributed by atoms with van der Waals surface area (Å²) in [4.78, 5) is 23.4. The van der Waals surface area contributed by atoms with Crippen molar-refractivity contribution >= 4 is 5.91 Å². The molecule has 0 saturated carbocycles. The van der Waals surface area contributed by atoms with Gasteiger partial charge < -0.3 is 14.2 Å². The van der Waals surface area contributed by atoms with Crippen LogP contribution in [0.3, 0.4) is 0 Å². The highest BCUT2D eigenvalue weighted by Crippen LogP contribution is 2.40. The van der Waals surface area contributed by atoms with Crippen LogP contribution in [-0.4, -0.2) is 51.6 Å². The zero-order valence-electron chi connectivity index (χ0n) is 16.9. The Balaban J connectivity index is 1.97. The van der Waals surface area contributed by atoms with E-state index in [1.807, 2.05) is 0 Å². The van der Waals surface area contributed by atoms with E-state index in [2.05, 4.69) is 9.97 Å². The van der Waals surface area contributed by atoms with Crippen molar-refractivity contribution in [2.45, 2.75) is 19.6 Å². The van der Waals surface area contributed by atoms with E-state index in [0.717, 1.165) is 4.57 Å². The molecule has 0 radical (unpaired) electrons. The smallest absolute Gasteiger partial charge is 0.378 e. The summed E-state index contributed by atoms with van der Waals surface area (Å²) in [6.07, 6.45) is -1.76. The molecule has 9 heteroatoms. The Labute approximate surface area is 177 Å². The first-order chi connectivity index (χ1) is 14.9. The molecule has 2 aromatic heterocycles. The van der Waals surface area contributed by atoms with Crippen LogP contribution < -0.4 is 0 Å². The standard InChI is InChI=1S/C22H21F3N4O2/c1-15-17(20-26-8-5-9-27-20)18(21(30)28-10-12-31-13-11-28)29(19(15)22(23,24)25)14-16-6-3-2-4-7-16/h2-9H,10-14H2,1H3. The van der Waals surface area contributed by atoms with Crippen molar-refractivity contribution in [2.24, 2.45) is 0 Å². The molecule has 0 aliphatic carbocycles. The topological polar surface area (TPSA) is 60.3 Å². The second-order valence-electron chi connectivity index (χ2n) is 7.24. The molecule has 3 aromatic rings. The van der Waals surface area contributed by atoms with E-state index in [1.54, 1.807) is 36.4 Å². The fraction of sp³-hybridized carbons (Fsp3) is 0.318. The Morgan fingerprint density at radius 3 is 2.32 bits per heavy atom. The molecule has 0 spiro atoms. The first-order valence-corrected chi connectivity index (χ1v) is 9.86. The van der Waals surface area contributed by atoms with Gasteiger partial charge in [0.15, 0.2) is 5.82 Å². The van der Waals surface area contributed by atoms with E-state index in [9.17, 15) is 18.0 Å². The average Bonchev–Trinajstić information content (AvgIpc) is 3.07. The molecule has 1 aromatic carbocycles. The molecule has 1 aliphatic heterocycles. The molecule has 0 unspecified atom stereocenters. The molecular weight excluding hydrogens is 409 g/mol. The molecule has 1 saturated heterocycles. The number of ether oxygens (including phenoxy) is 1. The fourth-order valence-corrected chi connectivity index (χ4v) is 3.88. The third-order valence-corrected chi connectivity index (χ3v) is 5.25. The van der Waals surface area contributed by atoms with Crippen LogP contribution in [0, 0.1) is 6.92 Å². The van der Waals surface area contributed by atoms with Crippen LogP contribution in [0.1, 0.15) is 27.3 Å². The van der Waals surface area contributed by atoms with Gasteiger partial charge in [-0.05, 0) is 24.1 Å². The van der Waals surface area contributed by atoms with Gasteiger partial charge in [0, 0.05) is 32.0 Å². The largest absolute Gasteiger partial charge is 0.431 e. The number of carbonyl (C=O) groups excluding carboxylic acids is 1. The van der Waals surface area contributed by atoms with Crippen molar-refractivity contribution < 1.29 is 22.7 Å². The maximum absolute atomic E-state index is 14.2. The number of benzene rings is 1. The molecule has 1 amide bonds. The zero-order chi connectivity index (χ0) is 22.0. The van der Waals surface area contributed by atoms with Crippen molar-refractivity contribution in [3.05, 3.63) is 71.3 Å². The van der Waals surface area contributed by atoms with Crippen LogP contribution in [0.15, 0.2) is 48.8 Å². The molecule has 0 bridgehead atoms. The number of hydrogen-bond acceptors (Lipinski definition) is 4. The molecular formula is C22H21F3N4O2. The lowest BCUT2D eigenvalue weighted by Crippen LogP contribution is -2.41. The van der Waals surface area contributed by atoms with Crippen LogP contribution in [-0.2, 0) is 17.5 Å². The van der Waals surface area contributed by atoms with Gasteiger partial charge in [-0.15, -0.1) is 0 Å². The highest BCUT2D eigenvalue weighted by atomic mass is 19.4. The van der Waals surface area contributed by atoms with E-state index in [0.29, 0.717) is 31.9 Å². The van der Waals surface area contributed by atoms with Gasteiger partial charge in [0.2, 0.25) is 0 Å². The monoisotopic (exact) mass is 430 g/mol. The number of alkyl halides is 3. The molecule has 6 nitrogen and oxygen atoms in total. The van der Waals surface area contributed by atoms with Crippen LogP contribution in [0.4, 0.5) is 13.2 Å². The zero-order valence-corrected chi connectivity index (χ0v) is 16.9. The quantitative estimate of drug-likeness (QED) is 0.632. The van der Waals surface area contributed by atoms with Crippen LogP contribution in [0.25, 0.3) is 11.4 Å². The number of hydrogen-bond donors (Lipinski definition) is 0. The van der Waals surface area contributed by atoms with Crippen molar-refractivity contribution in [2.75, 3.05) is 26.3 Å². The van der Waals surface area contributed by atoms with Crippen molar-refractivity contribution in [3.8, 4) is 11.4 Å². The fourth-order valence-electron chi connectivity index (χ4n) is 3.88. The number of morpholine rings is 1. The van der Waals surface area contributed by atoms with Crippen LogP contribution >= 0.6 is 0 Å². The van der Waals surface area contributed by atoms with Crippen molar-refractivity contribution in [1.29, 1.82) is 0 Å². The van der Waals surface area contributed by atoms with Crippen molar-refractivity contribution in [1.82, 2.24) is 19.4 Å². The molecule has 1 fully saturated rings. The van der Waals surface area contributed by atoms with Crippen LogP contribution in [0.2, 0.25) is 0 Å². The summed E-state index contributed by atoms with van der Waals surface area (Å²) in [5, 5.41) is 0. The highest BCUT2D eigenvalue weighted by Gasteiger charge is 2.42. The van der Waals surface area contributed by atoms with Gasteiger partial charge in [-0.3, -0.25) is 4.79 Å². The summed E-state index contributed by atoms with van der Waals surface area (Å²) in [5.41, 5.74) is -0.219. The Kier molecular flexibility index (Phi) is 5.77. The third kappa shape index (κ3) is 4.18. The first kappa shape index (κ1) is 21.0. The Morgan fingerprint density at radius 2 is 1.71 bits per heavy atom. The molecule has 31 heavy (non-hydrogen) atoms. The first-order valence-electron chi connectivity index (χ1n) is 9.86. The lowest BCUT2D eigenvalue weighted by atomic mass is 10.1.